The van der Waals surface area contributed by atoms with Crippen molar-refractivity contribution >= 4 is 11.6 Å². The summed E-state index contributed by atoms with van der Waals surface area (Å²) in [5.74, 6) is 0.457. The van der Waals surface area contributed by atoms with Crippen molar-refractivity contribution in [3.63, 3.8) is 0 Å². The number of hydrogen-bond acceptors (Lipinski definition) is 3. The van der Waals surface area contributed by atoms with Crippen molar-refractivity contribution in [1.82, 2.24) is 0 Å². The third-order valence-electron chi connectivity index (χ3n) is 4.17. The van der Waals surface area contributed by atoms with Gasteiger partial charge in [-0.25, -0.2) is 0 Å². The van der Waals surface area contributed by atoms with Crippen LogP contribution in [0.5, 0.6) is 0 Å². The van der Waals surface area contributed by atoms with Crippen LogP contribution in [-0.4, -0.2) is 24.2 Å². The normalized spacial score (nSPS) is 22.5. The first-order valence-corrected chi connectivity index (χ1v) is 7.45. The van der Waals surface area contributed by atoms with Crippen LogP contribution in [0.25, 0.3) is 0 Å². The number of hydrogen-bond donors (Lipinski definition) is 3. The molecule has 1 aromatic rings. The zero-order chi connectivity index (χ0) is 14.4. The number of nitrogens with two attached hydrogens (primary N) is 1. The van der Waals surface area contributed by atoms with Gasteiger partial charge in [-0.3, -0.25) is 4.79 Å². The molecular formula is C16H24N2O2. The maximum atomic E-state index is 12.3. The van der Waals surface area contributed by atoms with Crippen LogP contribution in [0.4, 0.5) is 5.69 Å². The Morgan fingerprint density at radius 3 is 2.60 bits per heavy atom. The minimum absolute atomic E-state index is 0.0471. The first-order chi connectivity index (χ1) is 9.74. The fraction of sp³-hybridized carbons (Fsp3) is 0.562. The van der Waals surface area contributed by atoms with Gasteiger partial charge < -0.3 is 16.2 Å². The Balaban J connectivity index is 1.96. The zero-order valence-corrected chi connectivity index (χ0v) is 11.8. The van der Waals surface area contributed by atoms with E-state index in [0.717, 1.165) is 30.5 Å². The summed E-state index contributed by atoms with van der Waals surface area (Å²) in [7, 11) is 0. The number of carbonyl (C=O) groups excluding carboxylic acids is 1. The molecule has 110 valence electrons. The largest absolute Gasteiger partial charge is 0.396 e. The van der Waals surface area contributed by atoms with Gasteiger partial charge in [0.2, 0.25) is 5.91 Å². The van der Waals surface area contributed by atoms with E-state index in [9.17, 15) is 4.79 Å². The van der Waals surface area contributed by atoms with E-state index in [4.69, 9.17) is 10.8 Å². The van der Waals surface area contributed by atoms with Gasteiger partial charge in [0.25, 0.3) is 0 Å². The third-order valence-corrected chi connectivity index (χ3v) is 4.17. The van der Waals surface area contributed by atoms with E-state index in [1.807, 2.05) is 24.3 Å². The highest BCUT2D eigenvalue weighted by molar-refractivity contribution is 5.92. The average Bonchev–Trinajstić information content (AvgIpc) is 2.49. The minimum Gasteiger partial charge on any atom is -0.396 e. The highest BCUT2D eigenvalue weighted by Crippen LogP contribution is 2.30. The lowest BCUT2D eigenvalue weighted by Crippen LogP contribution is -2.35. The summed E-state index contributed by atoms with van der Waals surface area (Å²) in [6.07, 6.45) is 4.94. The summed E-state index contributed by atoms with van der Waals surface area (Å²) in [5, 5.41) is 11.9. The van der Waals surface area contributed by atoms with E-state index >= 15 is 0 Å². The molecular weight excluding hydrogens is 252 g/mol. The molecule has 0 bridgehead atoms. The second-order valence-corrected chi connectivity index (χ2v) is 5.55. The number of aliphatic hydroxyl groups excluding tert-OH is 1. The van der Waals surface area contributed by atoms with Gasteiger partial charge in [-0.15, -0.1) is 0 Å². The fourth-order valence-corrected chi connectivity index (χ4v) is 2.95. The molecule has 1 amide bonds. The van der Waals surface area contributed by atoms with Gasteiger partial charge in [0.1, 0.15) is 0 Å². The van der Waals surface area contributed by atoms with Crippen molar-refractivity contribution in [3.05, 3.63) is 29.8 Å². The van der Waals surface area contributed by atoms with Gasteiger partial charge in [0.15, 0.2) is 0 Å². The molecule has 2 unspecified atom stereocenters. The average molecular weight is 276 g/mol. The molecule has 0 heterocycles. The second-order valence-electron chi connectivity index (χ2n) is 5.55. The van der Waals surface area contributed by atoms with Crippen molar-refractivity contribution < 1.29 is 9.90 Å². The molecule has 1 saturated carbocycles. The zero-order valence-electron chi connectivity index (χ0n) is 11.8. The van der Waals surface area contributed by atoms with Crippen LogP contribution in [0.3, 0.4) is 0 Å². The summed E-state index contributed by atoms with van der Waals surface area (Å²) in [6, 6.07) is 7.66. The van der Waals surface area contributed by atoms with E-state index < -0.39 is 0 Å². The molecule has 4 N–H and O–H groups in total. The second kappa shape index (κ2) is 7.41. The van der Waals surface area contributed by atoms with Gasteiger partial charge in [-0.1, -0.05) is 25.0 Å². The predicted octanol–water partition coefficient (Wildman–Crippen LogP) is 1.93. The fourth-order valence-electron chi connectivity index (χ4n) is 2.95. The van der Waals surface area contributed by atoms with Crippen LogP contribution in [0.15, 0.2) is 24.3 Å². The summed E-state index contributed by atoms with van der Waals surface area (Å²) in [6.45, 7) is 0.736. The number of amides is 1. The van der Waals surface area contributed by atoms with Crippen molar-refractivity contribution in [1.29, 1.82) is 0 Å². The van der Waals surface area contributed by atoms with E-state index in [2.05, 4.69) is 5.32 Å². The molecule has 4 nitrogen and oxygen atoms in total. The summed E-state index contributed by atoms with van der Waals surface area (Å²) in [4.78, 5) is 12.3. The Kier molecular flexibility index (Phi) is 5.56. The first kappa shape index (κ1) is 15.0. The van der Waals surface area contributed by atoms with Crippen LogP contribution < -0.4 is 11.1 Å². The van der Waals surface area contributed by atoms with E-state index in [1.54, 1.807) is 0 Å². The molecule has 1 aliphatic rings. The maximum absolute atomic E-state index is 12.3. The molecule has 4 heteroatoms. The number of rotatable bonds is 5. The van der Waals surface area contributed by atoms with Crippen LogP contribution >= 0.6 is 0 Å². The Morgan fingerprint density at radius 2 is 1.95 bits per heavy atom. The molecule has 0 saturated heterocycles. The van der Waals surface area contributed by atoms with Crippen LogP contribution in [0.2, 0.25) is 0 Å². The van der Waals surface area contributed by atoms with E-state index in [0.29, 0.717) is 18.9 Å². The molecule has 2 rings (SSSR count). The molecule has 1 fully saturated rings. The molecule has 0 spiro atoms. The minimum atomic E-state index is 0.0471. The number of nitrogens with one attached hydrogen (secondary N) is 1. The lowest BCUT2D eigenvalue weighted by atomic mass is 9.78. The van der Waals surface area contributed by atoms with Gasteiger partial charge in [0, 0.05) is 18.2 Å². The van der Waals surface area contributed by atoms with Crippen LogP contribution in [-0.2, 0) is 11.2 Å². The summed E-state index contributed by atoms with van der Waals surface area (Å²) < 4.78 is 0. The lowest BCUT2D eigenvalue weighted by Gasteiger charge is -2.29. The molecule has 1 aliphatic carbocycles. The molecule has 0 radical (unpaired) electrons. The van der Waals surface area contributed by atoms with Gasteiger partial charge in [-0.05, 0) is 49.4 Å². The number of aliphatic hydroxyl groups is 1. The van der Waals surface area contributed by atoms with Gasteiger partial charge >= 0.3 is 0 Å². The number of carbonyl (C=O) groups is 1. The summed E-state index contributed by atoms with van der Waals surface area (Å²) >= 11 is 0. The number of anilines is 1. The Labute approximate surface area is 120 Å². The predicted molar refractivity (Wildman–Crippen MR) is 80.4 cm³/mol. The highest BCUT2D eigenvalue weighted by atomic mass is 16.2. The maximum Gasteiger partial charge on any atom is 0.227 e. The van der Waals surface area contributed by atoms with Crippen molar-refractivity contribution in [2.24, 2.45) is 17.6 Å². The van der Waals surface area contributed by atoms with Crippen LogP contribution in [0, 0.1) is 11.8 Å². The monoisotopic (exact) mass is 276 g/mol. The molecule has 2 atom stereocenters. The summed E-state index contributed by atoms with van der Waals surface area (Å²) in [5.41, 5.74) is 7.66. The van der Waals surface area contributed by atoms with Gasteiger partial charge in [0.05, 0.1) is 0 Å². The third kappa shape index (κ3) is 3.81. The van der Waals surface area contributed by atoms with Crippen LogP contribution in [0.1, 0.15) is 31.2 Å². The Hall–Kier alpha value is -1.39. The van der Waals surface area contributed by atoms with Gasteiger partial charge in [-0.2, -0.15) is 0 Å². The molecule has 1 aromatic carbocycles. The lowest BCUT2D eigenvalue weighted by molar-refractivity contribution is -0.122. The molecule has 0 aliphatic heterocycles. The Morgan fingerprint density at radius 1 is 1.25 bits per heavy atom. The number of benzene rings is 1. The Bertz CT molecular complexity index is 431. The van der Waals surface area contributed by atoms with E-state index in [-0.39, 0.29) is 18.4 Å². The van der Waals surface area contributed by atoms with E-state index in [1.165, 1.54) is 6.42 Å². The highest BCUT2D eigenvalue weighted by Gasteiger charge is 2.29. The molecule has 0 aromatic heterocycles. The quantitative estimate of drug-likeness (QED) is 0.769. The smallest absolute Gasteiger partial charge is 0.227 e. The first-order valence-electron chi connectivity index (χ1n) is 7.45. The SMILES string of the molecule is NCC1CCCCC1C(=O)Nc1ccc(CCO)cc1. The standard InChI is InChI=1S/C16H24N2O2/c17-11-13-3-1-2-4-15(13)16(20)18-14-7-5-12(6-8-14)9-10-19/h5-8,13,15,19H,1-4,9-11,17H2,(H,18,20). The van der Waals surface area contributed by atoms with Crippen molar-refractivity contribution in [2.45, 2.75) is 32.1 Å². The molecule has 20 heavy (non-hydrogen) atoms. The topological polar surface area (TPSA) is 75.4 Å². The van der Waals surface area contributed by atoms with Crippen molar-refractivity contribution in [2.75, 3.05) is 18.5 Å². The van der Waals surface area contributed by atoms with Crippen molar-refractivity contribution in [3.8, 4) is 0 Å².